The van der Waals surface area contributed by atoms with E-state index in [0.717, 1.165) is 66.1 Å². The average Bonchev–Trinajstić information content (AvgIpc) is 2.67. The summed E-state index contributed by atoms with van der Waals surface area (Å²) >= 11 is 0. The Hall–Kier alpha value is -2.36. The van der Waals surface area contributed by atoms with Crippen molar-refractivity contribution >= 4 is 11.6 Å². The zero-order valence-corrected chi connectivity index (χ0v) is 15.5. The molecule has 1 heterocycles. The largest absolute Gasteiger partial charge is 0.497 e. The van der Waals surface area contributed by atoms with Gasteiger partial charge in [0.05, 0.1) is 7.11 Å². The van der Waals surface area contributed by atoms with Crippen molar-refractivity contribution in [3.05, 3.63) is 52.4 Å². The highest BCUT2D eigenvalue weighted by Crippen LogP contribution is 2.49. The Kier molecular flexibility index (Phi) is 4.43. The third kappa shape index (κ3) is 2.59. The third-order valence-electron chi connectivity index (χ3n) is 5.83. The second-order valence-corrected chi connectivity index (χ2v) is 7.23. The molecule has 0 saturated carbocycles. The molecule has 1 aromatic carbocycles. The van der Waals surface area contributed by atoms with Crippen LogP contribution in [-0.2, 0) is 9.59 Å². The van der Waals surface area contributed by atoms with E-state index < -0.39 is 0 Å². The maximum absolute atomic E-state index is 13.0. The molecule has 4 heteroatoms. The van der Waals surface area contributed by atoms with Gasteiger partial charge in [0, 0.05) is 47.8 Å². The molecule has 4 nitrogen and oxygen atoms in total. The molecular formula is C22H25NO3. The topological polar surface area (TPSA) is 46.6 Å². The van der Waals surface area contributed by atoms with E-state index in [9.17, 15) is 9.59 Å². The van der Waals surface area contributed by atoms with Crippen molar-refractivity contribution < 1.29 is 14.3 Å². The van der Waals surface area contributed by atoms with Crippen LogP contribution >= 0.6 is 0 Å². The number of ketones is 2. The quantitative estimate of drug-likeness (QED) is 0.821. The lowest BCUT2D eigenvalue weighted by molar-refractivity contribution is -0.117. The molecule has 0 bridgehead atoms. The molecule has 0 fully saturated rings. The first kappa shape index (κ1) is 17.1. The fourth-order valence-electron chi connectivity index (χ4n) is 4.75. The predicted molar refractivity (Wildman–Crippen MR) is 99.9 cm³/mol. The molecule has 1 aromatic rings. The standard InChI is InChI=1S/C22H25NO3/c1-3-23-16-9-5-11-18(24)21(16)20(14-7-4-8-15(13-14)26-2)22-17(23)10-6-12-19(22)25/h4,7-8,13,20H,3,5-6,9-12H2,1-2H3. The molecule has 0 radical (unpaired) electrons. The second kappa shape index (κ2) is 6.75. The number of nitrogens with zero attached hydrogens (tertiary/aromatic N) is 1. The second-order valence-electron chi connectivity index (χ2n) is 7.23. The molecule has 0 atom stereocenters. The van der Waals surface area contributed by atoms with E-state index in [1.165, 1.54) is 0 Å². The number of hydrogen-bond donors (Lipinski definition) is 0. The monoisotopic (exact) mass is 351 g/mol. The lowest BCUT2D eigenvalue weighted by Gasteiger charge is -2.43. The fourth-order valence-corrected chi connectivity index (χ4v) is 4.75. The van der Waals surface area contributed by atoms with Crippen LogP contribution in [0.1, 0.15) is 56.9 Å². The van der Waals surface area contributed by atoms with E-state index in [1.807, 2.05) is 24.3 Å². The first-order valence-electron chi connectivity index (χ1n) is 9.59. The van der Waals surface area contributed by atoms with Gasteiger partial charge in [0.2, 0.25) is 0 Å². The lowest BCUT2D eigenvalue weighted by Crippen LogP contribution is -2.39. The summed E-state index contributed by atoms with van der Waals surface area (Å²) < 4.78 is 5.40. The minimum atomic E-state index is -0.238. The first-order valence-corrected chi connectivity index (χ1v) is 9.59. The van der Waals surface area contributed by atoms with Gasteiger partial charge in [0.25, 0.3) is 0 Å². The molecule has 4 rings (SSSR count). The minimum absolute atomic E-state index is 0.197. The number of benzene rings is 1. The fraction of sp³-hybridized carbons (Fsp3) is 0.455. The Balaban J connectivity index is 1.96. The zero-order valence-electron chi connectivity index (χ0n) is 15.5. The van der Waals surface area contributed by atoms with E-state index in [4.69, 9.17) is 4.74 Å². The highest BCUT2D eigenvalue weighted by atomic mass is 16.5. The van der Waals surface area contributed by atoms with Crippen molar-refractivity contribution in [1.82, 2.24) is 4.90 Å². The molecule has 0 aromatic heterocycles. The van der Waals surface area contributed by atoms with E-state index >= 15 is 0 Å². The summed E-state index contributed by atoms with van der Waals surface area (Å²) in [7, 11) is 1.64. The Morgan fingerprint density at radius 1 is 1.00 bits per heavy atom. The normalized spacial score (nSPS) is 21.1. The molecule has 26 heavy (non-hydrogen) atoms. The molecule has 3 aliphatic rings. The Bertz CT molecular complexity index is 790. The summed E-state index contributed by atoms with van der Waals surface area (Å²) in [4.78, 5) is 28.2. The molecule has 0 spiro atoms. The van der Waals surface area contributed by atoms with E-state index in [1.54, 1.807) is 7.11 Å². The summed E-state index contributed by atoms with van der Waals surface area (Å²) in [6.07, 6.45) is 4.78. The Morgan fingerprint density at radius 2 is 1.62 bits per heavy atom. The first-order chi connectivity index (χ1) is 12.7. The third-order valence-corrected chi connectivity index (χ3v) is 5.83. The number of ether oxygens (including phenoxy) is 1. The van der Waals surface area contributed by atoms with Crippen LogP contribution in [-0.4, -0.2) is 30.1 Å². The van der Waals surface area contributed by atoms with Crippen LogP contribution in [0.2, 0.25) is 0 Å². The summed E-state index contributed by atoms with van der Waals surface area (Å²) in [6.45, 7) is 2.92. The summed E-state index contributed by atoms with van der Waals surface area (Å²) in [5.74, 6) is 0.916. The highest BCUT2D eigenvalue weighted by Gasteiger charge is 2.42. The number of methoxy groups -OCH3 is 1. The van der Waals surface area contributed by atoms with Gasteiger partial charge in [-0.15, -0.1) is 0 Å². The Labute approximate surface area is 154 Å². The van der Waals surface area contributed by atoms with Crippen LogP contribution < -0.4 is 4.74 Å². The van der Waals surface area contributed by atoms with Crippen molar-refractivity contribution in [2.75, 3.05) is 13.7 Å². The van der Waals surface area contributed by atoms with Gasteiger partial charge in [-0.05, 0) is 50.3 Å². The van der Waals surface area contributed by atoms with Crippen LogP contribution in [0.15, 0.2) is 46.8 Å². The number of rotatable bonds is 3. The molecule has 1 aliphatic heterocycles. The van der Waals surface area contributed by atoms with E-state index in [0.29, 0.717) is 12.8 Å². The summed E-state index contributed by atoms with van der Waals surface area (Å²) in [6, 6.07) is 7.85. The highest BCUT2D eigenvalue weighted by molar-refractivity contribution is 6.06. The number of carbonyl (C=O) groups excluding carboxylic acids is 2. The average molecular weight is 351 g/mol. The van der Waals surface area contributed by atoms with Gasteiger partial charge in [-0.1, -0.05) is 12.1 Å². The maximum Gasteiger partial charge on any atom is 0.161 e. The number of hydrogen-bond acceptors (Lipinski definition) is 4. The summed E-state index contributed by atoms with van der Waals surface area (Å²) in [5, 5.41) is 0. The minimum Gasteiger partial charge on any atom is -0.497 e. The van der Waals surface area contributed by atoms with Crippen LogP contribution in [0.3, 0.4) is 0 Å². The Morgan fingerprint density at radius 3 is 2.15 bits per heavy atom. The molecule has 0 amide bonds. The van der Waals surface area contributed by atoms with Crippen LogP contribution in [0.25, 0.3) is 0 Å². The lowest BCUT2D eigenvalue weighted by atomic mass is 9.71. The van der Waals surface area contributed by atoms with Crippen LogP contribution in [0.4, 0.5) is 0 Å². The zero-order chi connectivity index (χ0) is 18.3. The van der Waals surface area contributed by atoms with Crippen molar-refractivity contribution in [2.24, 2.45) is 0 Å². The van der Waals surface area contributed by atoms with Crippen molar-refractivity contribution in [3.63, 3.8) is 0 Å². The number of allylic oxidation sites excluding steroid dienone is 4. The van der Waals surface area contributed by atoms with E-state index in [2.05, 4.69) is 11.8 Å². The molecule has 136 valence electrons. The SMILES string of the molecule is CCN1C2=C(C(=O)CCC2)C(c2cccc(OC)c2)C2=C1CCCC2=O. The van der Waals surface area contributed by atoms with Gasteiger partial charge in [0.15, 0.2) is 11.6 Å². The van der Waals surface area contributed by atoms with Gasteiger partial charge in [-0.2, -0.15) is 0 Å². The molecule has 0 saturated heterocycles. The molecule has 0 N–H and O–H groups in total. The number of carbonyl (C=O) groups is 2. The van der Waals surface area contributed by atoms with Crippen molar-refractivity contribution in [1.29, 1.82) is 0 Å². The molecule has 2 aliphatic carbocycles. The van der Waals surface area contributed by atoms with Gasteiger partial charge in [-0.3, -0.25) is 9.59 Å². The smallest absolute Gasteiger partial charge is 0.161 e. The molecular weight excluding hydrogens is 326 g/mol. The van der Waals surface area contributed by atoms with Crippen molar-refractivity contribution in [2.45, 2.75) is 51.4 Å². The van der Waals surface area contributed by atoms with Gasteiger partial charge >= 0.3 is 0 Å². The van der Waals surface area contributed by atoms with E-state index in [-0.39, 0.29) is 17.5 Å². The summed E-state index contributed by atoms with van der Waals surface area (Å²) in [5.41, 5.74) is 4.97. The number of Topliss-reactive ketones (excluding diaryl/α,β-unsaturated/α-hetero) is 2. The predicted octanol–water partition coefficient (Wildman–Crippen LogP) is 4.13. The maximum atomic E-state index is 13.0. The van der Waals surface area contributed by atoms with Gasteiger partial charge < -0.3 is 9.64 Å². The van der Waals surface area contributed by atoms with Gasteiger partial charge in [0.1, 0.15) is 5.75 Å². The van der Waals surface area contributed by atoms with Gasteiger partial charge in [-0.25, -0.2) is 0 Å². The van der Waals surface area contributed by atoms with Crippen molar-refractivity contribution in [3.8, 4) is 5.75 Å². The molecule has 0 unspecified atom stereocenters. The van der Waals surface area contributed by atoms with Crippen LogP contribution in [0.5, 0.6) is 5.75 Å². The van der Waals surface area contributed by atoms with Crippen LogP contribution in [0, 0.1) is 0 Å².